The van der Waals surface area contributed by atoms with E-state index >= 15 is 0 Å². The Morgan fingerprint density at radius 3 is 3.07 bits per heavy atom. The van der Waals surface area contributed by atoms with E-state index in [4.69, 9.17) is 5.73 Å². The maximum absolute atomic E-state index is 5.47. The molecule has 1 aromatic carbocycles. The number of hydrogen-bond acceptors (Lipinski definition) is 2. The van der Waals surface area contributed by atoms with Gasteiger partial charge in [-0.05, 0) is 44.0 Å². The summed E-state index contributed by atoms with van der Waals surface area (Å²) in [6, 6.07) is 6.34. The van der Waals surface area contributed by atoms with Gasteiger partial charge in [-0.3, -0.25) is 0 Å². The Labute approximate surface area is 83.3 Å². The molecule has 2 rings (SSSR count). The van der Waals surface area contributed by atoms with Crippen LogP contribution in [0.3, 0.4) is 0 Å². The normalized spacial score (nSPS) is 11.0. The monoisotopic (exact) mass is 189 g/mol. The quantitative estimate of drug-likeness (QED) is 0.773. The average molecular weight is 189 g/mol. The average Bonchev–Trinajstić information content (AvgIpc) is 2.54. The van der Waals surface area contributed by atoms with Crippen molar-refractivity contribution in [2.75, 3.05) is 6.54 Å². The first-order chi connectivity index (χ1) is 6.79. The number of hydrogen-bond donors (Lipinski definition) is 2. The van der Waals surface area contributed by atoms with E-state index in [9.17, 15) is 0 Å². The van der Waals surface area contributed by atoms with Crippen LogP contribution in [0.25, 0.3) is 11.0 Å². The van der Waals surface area contributed by atoms with E-state index in [0.29, 0.717) is 0 Å². The zero-order valence-corrected chi connectivity index (χ0v) is 8.38. The smallest absolute Gasteiger partial charge is 0.104 e. The molecule has 1 heterocycles. The van der Waals surface area contributed by atoms with Crippen molar-refractivity contribution in [3.05, 3.63) is 29.6 Å². The fourth-order valence-corrected chi connectivity index (χ4v) is 1.65. The van der Waals surface area contributed by atoms with Crippen LogP contribution in [0.2, 0.25) is 0 Å². The molecule has 3 nitrogen and oxygen atoms in total. The lowest BCUT2D eigenvalue weighted by atomic mass is 10.1. The summed E-state index contributed by atoms with van der Waals surface area (Å²) in [7, 11) is 0. The van der Waals surface area contributed by atoms with Crippen molar-refractivity contribution in [2.45, 2.75) is 19.8 Å². The van der Waals surface area contributed by atoms with Gasteiger partial charge in [0.1, 0.15) is 5.82 Å². The van der Waals surface area contributed by atoms with E-state index in [1.807, 2.05) is 6.92 Å². The second-order valence-corrected chi connectivity index (χ2v) is 3.57. The van der Waals surface area contributed by atoms with E-state index < -0.39 is 0 Å². The van der Waals surface area contributed by atoms with E-state index in [1.165, 1.54) is 5.56 Å². The van der Waals surface area contributed by atoms with Crippen LogP contribution in [0.5, 0.6) is 0 Å². The van der Waals surface area contributed by atoms with Crippen LogP contribution >= 0.6 is 0 Å². The lowest BCUT2D eigenvalue weighted by molar-refractivity contribution is 0.833. The topological polar surface area (TPSA) is 54.7 Å². The molecule has 0 aliphatic carbocycles. The molecular formula is C11H15N3. The van der Waals surface area contributed by atoms with E-state index in [1.54, 1.807) is 0 Å². The summed E-state index contributed by atoms with van der Waals surface area (Å²) in [5, 5.41) is 0. The second-order valence-electron chi connectivity index (χ2n) is 3.57. The molecule has 0 amide bonds. The number of fused-ring (bicyclic) bond motifs is 1. The SMILES string of the molecule is Cc1nc2ccc(CCCN)cc2[nH]1. The number of nitrogens with one attached hydrogen (secondary N) is 1. The summed E-state index contributed by atoms with van der Waals surface area (Å²) in [5.74, 6) is 0.968. The van der Waals surface area contributed by atoms with Gasteiger partial charge >= 0.3 is 0 Å². The fourth-order valence-electron chi connectivity index (χ4n) is 1.65. The molecule has 0 bridgehead atoms. The molecule has 0 radical (unpaired) electrons. The van der Waals surface area contributed by atoms with Crippen LogP contribution in [0, 0.1) is 6.92 Å². The second kappa shape index (κ2) is 3.80. The third-order valence-electron chi connectivity index (χ3n) is 2.33. The first kappa shape index (κ1) is 9.21. The molecule has 74 valence electrons. The summed E-state index contributed by atoms with van der Waals surface area (Å²) in [6.07, 6.45) is 2.09. The van der Waals surface area contributed by atoms with Crippen molar-refractivity contribution in [2.24, 2.45) is 5.73 Å². The fraction of sp³-hybridized carbons (Fsp3) is 0.364. The van der Waals surface area contributed by atoms with Gasteiger partial charge in [0, 0.05) is 0 Å². The van der Waals surface area contributed by atoms with Gasteiger partial charge in [0.05, 0.1) is 11.0 Å². The molecule has 14 heavy (non-hydrogen) atoms. The molecule has 0 unspecified atom stereocenters. The Hall–Kier alpha value is -1.35. The number of benzene rings is 1. The summed E-state index contributed by atoms with van der Waals surface area (Å²) < 4.78 is 0. The van der Waals surface area contributed by atoms with Gasteiger partial charge in [-0.15, -0.1) is 0 Å². The predicted octanol–water partition coefficient (Wildman–Crippen LogP) is 1.76. The van der Waals surface area contributed by atoms with Gasteiger partial charge < -0.3 is 10.7 Å². The van der Waals surface area contributed by atoms with Crippen LogP contribution in [0.15, 0.2) is 18.2 Å². The minimum absolute atomic E-state index is 0.750. The summed E-state index contributed by atoms with van der Waals surface area (Å²) in [4.78, 5) is 7.59. The van der Waals surface area contributed by atoms with Gasteiger partial charge in [-0.25, -0.2) is 4.98 Å². The number of aromatic nitrogens is 2. The number of imidazole rings is 1. The molecule has 0 saturated heterocycles. The molecule has 3 heteroatoms. The van der Waals surface area contributed by atoms with Crippen molar-refractivity contribution >= 4 is 11.0 Å². The van der Waals surface area contributed by atoms with Gasteiger partial charge in [-0.2, -0.15) is 0 Å². The lowest BCUT2D eigenvalue weighted by Gasteiger charge is -1.98. The highest BCUT2D eigenvalue weighted by atomic mass is 14.9. The van der Waals surface area contributed by atoms with Crippen molar-refractivity contribution < 1.29 is 0 Å². The van der Waals surface area contributed by atoms with Crippen LogP contribution in [-0.4, -0.2) is 16.5 Å². The number of aryl methyl sites for hydroxylation is 2. The Kier molecular flexibility index (Phi) is 2.50. The van der Waals surface area contributed by atoms with Crippen molar-refractivity contribution in [3.8, 4) is 0 Å². The van der Waals surface area contributed by atoms with Crippen LogP contribution < -0.4 is 5.73 Å². The zero-order chi connectivity index (χ0) is 9.97. The first-order valence-corrected chi connectivity index (χ1v) is 4.95. The first-order valence-electron chi connectivity index (χ1n) is 4.95. The molecular weight excluding hydrogens is 174 g/mol. The number of nitrogens with two attached hydrogens (primary N) is 1. The minimum atomic E-state index is 0.750. The van der Waals surface area contributed by atoms with Crippen LogP contribution in [0.1, 0.15) is 17.8 Å². The third-order valence-corrected chi connectivity index (χ3v) is 2.33. The van der Waals surface area contributed by atoms with Crippen molar-refractivity contribution in [3.63, 3.8) is 0 Å². The maximum atomic E-state index is 5.47. The minimum Gasteiger partial charge on any atom is -0.342 e. The molecule has 1 aromatic heterocycles. The summed E-state index contributed by atoms with van der Waals surface area (Å²) in [5.41, 5.74) is 8.96. The molecule has 2 aromatic rings. The third kappa shape index (κ3) is 1.77. The van der Waals surface area contributed by atoms with Gasteiger partial charge in [-0.1, -0.05) is 6.07 Å². The predicted molar refractivity (Wildman–Crippen MR) is 58.2 cm³/mol. The Bertz CT molecular complexity index is 431. The standard InChI is InChI=1S/C11H15N3/c1-8-13-10-5-4-9(3-2-6-12)7-11(10)14-8/h4-5,7H,2-3,6,12H2,1H3,(H,13,14). The Morgan fingerprint density at radius 1 is 1.43 bits per heavy atom. The van der Waals surface area contributed by atoms with Crippen molar-refractivity contribution in [1.82, 2.24) is 9.97 Å². The van der Waals surface area contributed by atoms with E-state index in [-0.39, 0.29) is 0 Å². The van der Waals surface area contributed by atoms with Crippen LogP contribution in [-0.2, 0) is 6.42 Å². The number of H-pyrrole nitrogens is 1. The van der Waals surface area contributed by atoms with Crippen LogP contribution in [0.4, 0.5) is 0 Å². The zero-order valence-electron chi connectivity index (χ0n) is 8.38. The molecule has 0 fully saturated rings. The Morgan fingerprint density at radius 2 is 2.29 bits per heavy atom. The highest BCUT2D eigenvalue weighted by molar-refractivity contribution is 5.75. The van der Waals surface area contributed by atoms with Gasteiger partial charge in [0.25, 0.3) is 0 Å². The molecule has 0 spiro atoms. The number of rotatable bonds is 3. The van der Waals surface area contributed by atoms with Crippen molar-refractivity contribution in [1.29, 1.82) is 0 Å². The largest absolute Gasteiger partial charge is 0.342 e. The Balaban J connectivity index is 2.31. The summed E-state index contributed by atoms with van der Waals surface area (Å²) >= 11 is 0. The lowest BCUT2D eigenvalue weighted by Crippen LogP contribution is -2.00. The number of aromatic amines is 1. The van der Waals surface area contributed by atoms with Gasteiger partial charge in [0.15, 0.2) is 0 Å². The highest BCUT2D eigenvalue weighted by Gasteiger charge is 2.00. The molecule has 0 atom stereocenters. The van der Waals surface area contributed by atoms with E-state index in [2.05, 4.69) is 28.2 Å². The molecule has 0 aliphatic heterocycles. The maximum Gasteiger partial charge on any atom is 0.104 e. The molecule has 3 N–H and O–H groups in total. The molecule has 0 saturated carbocycles. The van der Waals surface area contributed by atoms with Gasteiger partial charge in [0.2, 0.25) is 0 Å². The number of nitrogens with zero attached hydrogens (tertiary/aromatic N) is 1. The van der Waals surface area contributed by atoms with E-state index in [0.717, 1.165) is 36.2 Å². The summed E-state index contributed by atoms with van der Waals surface area (Å²) in [6.45, 7) is 2.72. The molecule has 0 aliphatic rings. The highest BCUT2D eigenvalue weighted by Crippen LogP contribution is 2.14.